The number of rotatable bonds is 7. The van der Waals surface area contributed by atoms with Crippen molar-refractivity contribution in [2.75, 3.05) is 7.05 Å². The Hall–Kier alpha value is -3.07. The van der Waals surface area contributed by atoms with Gasteiger partial charge in [-0.25, -0.2) is 0 Å². The second-order valence-electron chi connectivity index (χ2n) is 7.69. The molecule has 1 N–H and O–H groups in total. The first-order chi connectivity index (χ1) is 14.0. The predicted octanol–water partition coefficient (Wildman–Crippen LogP) is 1.88. The molecular weight excluding hydrogens is 370 g/mol. The fourth-order valence-corrected chi connectivity index (χ4v) is 3.70. The van der Waals surface area contributed by atoms with E-state index in [9.17, 15) is 4.79 Å². The summed E-state index contributed by atoms with van der Waals surface area (Å²) < 4.78 is 7.54. The fraction of sp³-hybridized carbons (Fsp3) is 0.450. The van der Waals surface area contributed by atoms with Gasteiger partial charge in [-0.2, -0.15) is 0 Å². The lowest BCUT2D eigenvalue weighted by atomic mass is 9.79. The van der Waals surface area contributed by atoms with E-state index in [2.05, 4.69) is 35.1 Å². The monoisotopic (exact) mass is 395 g/mol. The first kappa shape index (κ1) is 19.3. The third kappa shape index (κ3) is 4.34. The molecule has 0 unspecified atom stereocenters. The number of amides is 1. The van der Waals surface area contributed by atoms with E-state index in [1.54, 1.807) is 19.3 Å². The molecule has 4 rings (SSSR count). The molecule has 9 heteroatoms. The fourth-order valence-electron chi connectivity index (χ4n) is 3.70. The third-order valence-corrected chi connectivity index (χ3v) is 5.26. The van der Waals surface area contributed by atoms with Crippen molar-refractivity contribution in [3.05, 3.63) is 48.0 Å². The largest absolute Gasteiger partial charge is 0.359 e. The summed E-state index contributed by atoms with van der Waals surface area (Å²) in [5, 5.41) is 15.8. The highest BCUT2D eigenvalue weighted by molar-refractivity contribution is 5.73. The summed E-state index contributed by atoms with van der Waals surface area (Å²) in [6, 6.07) is 6.02. The van der Waals surface area contributed by atoms with Gasteiger partial charge in [-0.15, -0.1) is 10.2 Å². The molecule has 0 bridgehead atoms. The van der Waals surface area contributed by atoms with E-state index in [-0.39, 0.29) is 11.9 Å². The number of carbonyl (C=O) groups excluding carboxylic acids is 1. The Morgan fingerprint density at radius 3 is 2.90 bits per heavy atom. The lowest BCUT2D eigenvalue weighted by Gasteiger charge is -2.34. The van der Waals surface area contributed by atoms with Crippen LogP contribution >= 0.6 is 0 Å². The minimum absolute atomic E-state index is 0.0211. The van der Waals surface area contributed by atoms with Crippen LogP contribution in [0.15, 0.2) is 35.1 Å². The van der Waals surface area contributed by atoms with Crippen LogP contribution in [0.4, 0.5) is 0 Å². The van der Waals surface area contributed by atoms with Gasteiger partial charge in [-0.3, -0.25) is 14.7 Å². The maximum Gasteiger partial charge on any atom is 0.217 e. The molecule has 3 aromatic heterocycles. The van der Waals surface area contributed by atoms with Gasteiger partial charge in [0.05, 0.1) is 13.1 Å². The molecule has 3 aromatic rings. The summed E-state index contributed by atoms with van der Waals surface area (Å²) in [6.07, 6.45) is 5.33. The van der Waals surface area contributed by atoms with Gasteiger partial charge < -0.3 is 14.4 Å². The number of hydrogen-bond donors (Lipinski definition) is 1. The minimum Gasteiger partial charge on any atom is -0.359 e. The van der Waals surface area contributed by atoms with Crippen LogP contribution in [0, 0.1) is 0 Å². The highest BCUT2D eigenvalue weighted by Gasteiger charge is 2.34. The maximum absolute atomic E-state index is 11.1. The highest BCUT2D eigenvalue weighted by Crippen LogP contribution is 2.35. The first-order valence-electron chi connectivity index (χ1n) is 9.69. The molecule has 0 aliphatic heterocycles. The summed E-state index contributed by atoms with van der Waals surface area (Å²) >= 11 is 0. The van der Waals surface area contributed by atoms with Crippen LogP contribution in [0.5, 0.6) is 0 Å². The summed E-state index contributed by atoms with van der Waals surface area (Å²) in [4.78, 5) is 17.4. The number of hydrogen-bond acceptors (Lipinski definition) is 7. The van der Waals surface area contributed by atoms with Crippen molar-refractivity contribution in [1.29, 1.82) is 0 Å². The Bertz CT molecular complexity index is 976. The Morgan fingerprint density at radius 1 is 1.34 bits per heavy atom. The van der Waals surface area contributed by atoms with Gasteiger partial charge in [0.1, 0.15) is 17.3 Å². The molecule has 29 heavy (non-hydrogen) atoms. The van der Waals surface area contributed by atoms with Crippen molar-refractivity contribution < 1.29 is 9.32 Å². The van der Waals surface area contributed by atoms with Gasteiger partial charge in [0.25, 0.3) is 0 Å². The molecule has 0 aromatic carbocycles. The normalized spacial score (nSPS) is 18.6. The average Bonchev–Trinajstić information content (AvgIpc) is 3.26. The predicted molar refractivity (Wildman–Crippen MR) is 105 cm³/mol. The molecule has 9 nitrogen and oxygen atoms in total. The Balaban J connectivity index is 1.34. The van der Waals surface area contributed by atoms with Crippen molar-refractivity contribution in [2.45, 2.75) is 44.8 Å². The number of nitrogens with zero attached hydrogens (tertiary/aromatic N) is 6. The smallest absolute Gasteiger partial charge is 0.217 e. The van der Waals surface area contributed by atoms with Gasteiger partial charge in [-0.05, 0) is 32.0 Å². The lowest BCUT2D eigenvalue weighted by molar-refractivity contribution is -0.120. The summed E-state index contributed by atoms with van der Waals surface area (Å²) in [7, 11) is 4.01. The number of nitrogens with one attached hydrogen (secondary N) is 1. The van der Waals surface area contributed by atoms with Crippen molar-refractivity contribution >= 4 is 5.91 Å². The van der Waals surface area contributed by atoms with E-state index in [0.717, 1.165) is 41.5 Å². The molecule has 1 saturated carbocycles. The molecule has 3 heterocycles. The van der Waals surface area contributed by atoms with Gasteiger partial charge in [0.15, 0.2) is 5.76 Å². The summed E-state index contributed by atoms with van der Waals surface area (Å²) in [6.45, 7) is 2.82. The number of aromatic nitrogens is 5. The minimum atomic E-state index is 0.0211. The van der Waals surface area contributed by atoms with Crippen molar-refractivity contribution in [2.24, 2.45) is 7.05 Å². The van der Waals surface area contributed by atoms with Gasteiger partial charge in [0, 0.05) is 50.0 Å². The van der Waals surface area contributed by atoms with E-state index in [1.165, 1.54) is 0 Å². The second kappa shape index (κ2) is 8.12. The molecule has 0 atom stereocenters. The lowest BCUT2D eigenvalue weighted by Crippen LogP contribution is -2.43. The van der Waals surface area contributed by atoms with Crippen molar-refractivity contribution in [3.8, 4) is 11.3 Å². The van der Waals surface area contributed by atoms with Crippen LogP contribution in [0.1, 0.15) is 43.1 Å². The van der Waals surface area contributed by atoms with Crippen molar-refractivity contribution in [1.82, 2.24) is 35.1 Å². The number of pyridine rings is 1. The van der Waals surface area contributed by atoms with Crippen LogP contribution in [0.3, 0.4) is 0 Å². The summed E-state index contributed by atoms with van der Waals surface area (Å²) in [5.41, 5.74) is 1.71. The van der Waals surface area contributed by atoms with Crippen molar-refractivity contribution in [3.63, 3.8) is 0 Å². The Kier molecular flexibility index (Phi) is 5.39. The molecule has 0 saturated heterocycles. The SMILES string of the molecule is CC(=O)NC1CC(c2nnc(CN(C)Cc3cc(-c4cccnc4)no3)n2C)C1. The van der Waals surface area contributed by atoms with Crippen LogP contribution < -0.4 is 5.32 Å². The topological polar surface area (TPSA) is 102 Å². The molecule has 1 aliphatic rings. The van der Waals surface area contributed by atoms with Gasteiger partial charge in [-0.1, -0.05) is 5.16 Å². The average molecular weight is 395 g/mol. The van der Waals surface area contributed by atoms with Crippen LogP contribution in [-0.2, 0) is 24.9 Å². The third-order valence-electron chi connectivity index (χ3n) is 5.26. The Labute approximate surface area is 169 Å². The zero-order chi connectivity index (χ0) is 20.4. The molecule has 0 spiro atoms. The van der Waals surface area contributed by atoms with Crippen LogP contribution in [-0.4, -0.2) is 48.8 Å². The standard InChI is InChI=1S/C20H25N7O2/c1-13(28)22-16-7-15(8-16)20-24-23-19(27(20)3)12-26(2)11-17-9-18(25-29-17)14-5-4-6-21-10-14/h4-6,9-10,15-16H,7-8,11-12H2,1-3H3,(H,22,28). The van der Waals surface area contributed by atoms with Gasteiger partial charge >= 0.3 is 0 Å². The summed E-state index contributed by atoms with van der Waals surface area (Å²) in [5.74, 6) is 3.03. The molecule has 1 fully saturated rings. The molecule has 1 aliphatic carbocycles. The second-order valence-corrected chi connectivity index (χ2v) is 7.69. The Morgan fingerprint density at radius 2 is 2.17 bits per heavy atom. The molecule has 1 amide bonds. The van der Waals surface area contributed by atoms with E-state index >= 15 is 0 Å². The first-order valence-corrected chi connectivity index (χ1v) is 9.69. The van der Waals surface area contributed by atoms with E-state index in [0.29, 0.717) is 19.0 Å². The van der Waals surface area contributed by atoms with E-state index in [1.807, 2.05) is 32.3 Å². The molecule has 152 valence electrons. The number of carbonyl (C=O) groups is 1. The van der Waals surface area contributed by atoms with E-state index in [4.69, 9.17) is 4.52 Å². The van der Waals surface area contributed by atoms with Crippen LogP contribution in [0.25, 0.3) is 11.3 Å². The highest BCUT2D eigenvalue weighted by atomic mass is 16.5. The molecular formula is C20H25N7O2. The molecule has 0 radical (unpaired) electrons. The van der Waals surface area contributed by atoms with Gasteiger partial charge in [0.2, 0.25) is 5.91 Å². The van der Waals surface area contributed by atoms with Crippen LogP contribution in [0.2, 0.25) is 0 Å². The maximum atomic E-state index is 11.1. The zero-order valence-electron chi connectivity index (χ0n) is 16.9. The quantitative estimate of drug-likeness (QED) is 0.652. The van der Waals surface area contributed by atoms with E-state index < -0.39 is 0 Å². The zero-order valence-corrected chi connectivity index (χ0v) is 16.9.